The summed E-state index contributed by atoms with van der Waals surface area (Å²) in [5.74, 6) is -0.0880. The van der Waals surface area contributed by atoms with Crippen LogP contribution in [0.5, 0.6) is 5.75 Å². The van der Waals surface area contributed by atoms with Gasteiger partial charge in [-0.3, -0.25) is 0 Å². The Morgan fingerprint density at radius 1 is 1.30 bits per heavy atom. The molecule has 1 atom stereocenters. The Hall–Kier alpha value is -0.662. The quantitative estimate of drug-likeness (QED) is 0.588. The maximum absolute atomic E-state index is 10.5. The molecule has 4 heteroatoms. The minimum absolute atomic E-state index is 0.0880. The number of phenols is 1. The van der Waals surface area contributed by atoms with E-state index in [4.69, 9.17) is 9.20 Å². The monoisotopic (exact) mass is 202 g/mol. The third-order valence-electron chi connectivity index (χ3n) is 1.13. The van der Waals surface area contributed by atoms with Crippen LogP contribution in [0.1, 0.15) is 0 Å². The normalized spacial score (nSPS) is 12.9. The molecule has 0 fully saturated rings. The fourth-order valence-corrected chi connectivity index (χ4v) is 1.79. The minimum atomic E-state index is -3.31. The Morgan fingerprint density at radius 2 is 1.90 bits per heavy atom. The zero-order valence-electron chi connectivity index (χ0n) is 5.11. The first-order chi connectivity index (χ1) is 4.72. The van der Waals surface area contributed by atoms with Gasteiger partial charge in [-0.1, -0.05) is 0 Å². The van der Waals surface area contributed by atoms with Gasteiger partial charge < -0.3 is 0 Å². The van der Waals surface area contributed by atoms with Crippen molar-refractivity contribution in [1.29, 1.82) is 0 Å². The van der Waals surface area contributed by atoms with Crippen LogP contribution in [-0.2, 0) is 3.74 Å². The van der Waals surface area contributed by atoms with Gasteiger partial charge in [-0.2, -0.15) is 0 Å². The number of hydrogen-bond donors (Lipinski definition) is 2. The van der Waals surface area contributed by atoms with Crippen molar-refractivity contribution in [3.63, 3.8) is 0 Å². The van der Waals surface area contributed by atoms with Gasteiger partial charge in [0.15, 0.2) is 0 Å². The van der Waals surface area contributed by atoms with Crippen molar-refractivity contribution in [3.8, 4) is 5.75 Å². The van der Waals surface area contributed by atoms with Crippen molar-refractivity contribution >= 4 is 19.3 Å². The molecule has 1 rings (SSSR count). The SMILES string of the molecule is O=[AsH](O)c1ccccc1O. The number of phenolic OH excluding ortho intramolecular Hbond substituents is 1. The molecular formula is C6H7AsO3. The topological polar surface area (TPSA) is 57.5 Å². The Kier molecular flexibility index (Phi) is 2.20. The summed E-state index contributed by atoms with van der Waals surface area (Å²) >= 11 is -3.31. The molecule has 0 aromatic heterocycles. The first-order valence-electron chi connectivity index (χ1n) is 2.73. The summed E-state index contributed by atoms with van der Waals surface area (Å²) in [6.45, 7) is 0. The molecule has 10 heavy (non-hydrogen) atoms. The van der Waals surface area contributed by atoms with Gasteiger partial charge >= 0.3 is 62.2 Å². The van der Waals surface area contributed by atoms with E-state index in [1.165, 1.54) is 12.1 Å². The predicted octanol–water partition coefficient (Wildman–Crippen LogP) is -0.758. The second-order valence-corrected chi connectivity index (χ2v) is 4.23. The molecule has 0 saturated carbocycles. The summed E-state index contributed by atoms with van der Waals surface area (Å²) < 4.78 is 19.4. The first kappa shape index (κ1) is 7.45. The third-order valence-corrected chi connectivity index (χ3v) is 2.99. The Bertz CT molecular complexity index is 259. The van der Waals surface area contributed by atoms with Gasteiger partial charge in [0.1, 0.15) is 0 Å². The summed E-state index contributed by atoms with van der Waals surface area (Å²) in [4.78, 5) is 0. The van der Waals surface area contributed by atoms with Crippen LogP contribution in [-0.4, -0.2) is 24.1 Å². The molecule has 0 aliphatic heterocycles. The summed E-state index contributed by atoms with van der Waals surface area (Å²) in [5, 5.41) is 8.96. The van der Waals surface area contributed by atoms with Crippen LogP contribution in [0.25, 0.3) is 0 Å². The van der Waals surface area contributed by atoms with Crippen LogP contribution >= 0.6 is 0 Å². The van der Waals surface area contributed by atoms with Crippen molar-refractivity contribution in [1.82, 2.24) is 0 Å². The van der Waals surface area contributed by atoms with Gasteiger partial charge in [0.2, 0.25) is 0 Å². The summed E-state index contributed by atoms with van der Waals surface area (Å²) in [7, 11) is 0. The van der Waals surface area contributed by atoms with Crippen LogP contribution in [0, 0.1) is 0 Å². The molecule has 0 radical (unpaired) electrons. The summed E-state index contributed by atoms with van der Waals surface area (Å²) in [6.07, 6.45) is 0. The zero-order valence-corrected chi connectivity index (χ0v) is 7.21. The van der Waals surface area contributed by atoms with Gasteiger partial charge in [-0.15, -0.1) is 0 Å². The van der Waals surface area contributed by atoms with Gasteiger partial charge in [-0.25, -0.2) is 0 Å². The van der Waals surface area contributed by atoms with E-state index in [-0.39, 0.29) is 10.1 Å². The van der Waals surface area contributed by atoms with Gasteiger partial charge in [0.05, 0.1) is 0 Å². The molecule has 0 heterocycles. The Labute approximate surface area is 62.8 Å². The van der Waals surface area contributed by atoms with Crippen LogP contribution < -0.4 is 4.35 Å². The molecule has 2 N–H and O–H groups in total. The van der Waals surface area contributed by atoms with Crippen molar-refractivity contribution in [3.05, 3.63) is 24.3 Å². The van der Waals surface area contributed by atoms with E-state index in [1.807, 2.05) is 0 Å². The first-order valence-corrected chi connectivity index (χ1v) is 5.57. The molecular weight excluding hydrogens is 195 g/mol. The fourth-order valence-electron chi connectivity index (χ4n) is 0.654. The molecule has 1 aromatic rings. The van der Waals surface area contributed by atoms with Crippen molar-refractivity contribution < 1.29 is 12.9 Å². The van der Waals surface area contributed by atoms with Crippen LogP contribution in [0.2, 0.25) is 0 Å². The van der Waals surface area contributed by atoms with E-state index in [9.17, 15) is 3.74 Å². The van der Waals surface area contributed by atoms with Crippen LogP contribution in [0.15, 0.2) is 24.3 Å². The number of aromatic hydroxyl groups is 1. The van der Waals surface area contributed by atoms with E-state index in [0.29, 0.717) is 0 Å². The second kappa shape index (κ2) is 2.95. The van der Waals surface area contributed by atoms with Gasteiger partial charge in [0, 0.05) is 0 Å². The molecule has 0 amide bonds. The average molecular weight is 202 g/mol. The second-order valence-electron chi connectivity index (χ2n) is 1.82. The Morgan fingerprint density at radius 3 is 2.30 bits per heavy atom. The van der Waals surface area contributed by atoms with E-state index in [1.54, 1.807) is 12.1 Å². The van der Waals surface area contributed by atoms with Gasteiger partial charge in [0.25, 0.3) is 0 Å². The summed E-state index contributed by atoms with van der Waals surface area (Å²) in [5.41, 5.74) is 0. The molecule has 0 aliphatic carbocycles. The molecule has 0 bridgehead atoms. The third kappa shape index (κ3) is 1.43. The van der Waals surface area contributed by atoms with E-state index in [2.05, 4.69) is 0 Å². The molecule has 0 spiro atoms. The van der Waals surface area contributed by atoms with Crippen molar-refractivity contribution in [2.24, 2.45) is 0 Å². The molecule has 0 aliphatic rings. The van der Waals surface area contributed by atoms with Crippen molar-refractivity contribution in [2.45, 2.75) is 0 Å². The van der Waals surface area contributed by atoms with Crippen LogP contribution in [0.3, 0.4) is 0 Å². The molecule has 1 unspecified atom stereocenters. The molecule has 1 aromatic carbocycles. The van der Waals surface area contributed by atoms with E-state index < -0.39 is 14.9 Å². The standard InChI is InChI=1S/C6H7AsO3/c8-6-4-2-1-3-5(6)7(9)10/h1-4,7-8H,(H,9,10). The Balaban J connectivity index is 3.15. The van der Waals surface area contributed by atoms with E-state index in [0.717, 1.165) is 0 Å². The van der Waals surface area contributed by atoms with E-state index >= 15 is 0 Å². The number of para-hydroxylation sites is 1. The van der Waals surface area contributed by atoms with Crippen molar-refractivity contribution in [2.75, 3.05) is 0 Å². The molecule has 3 nitrogen and oxygen atoms in total. The average Bonchev–Trinajstić information content (AvgIpc) is 1.88. The summed E-state index contributed by atoms with van der Waals surface area (Å²) in [6, 6.07) is 6.09. The maximum atomic E-state index is 10.5. The number of benzene rings is 1. The zero-order chi connectivity index (χ0) is 7.56. The molecule has 54 valence electrons. The predicted molar refractivity (Wildman–Crippen MR) is 37.8 cm³/mol. The molecule has 0 saturated heterocycles. The van der Waals surface area contributed by atoms with Crippen LogP contribution in [0.4, 0.5) is 0 Å². The fraction of sp³-hybridized carbons (Fsp3) is 0. The number of rotatable bonds is 1. The number of hydrogen-bond acceptors (Lipinski definition) is 2. The van der Waals surface area contributed by atoms with Gasteiger partial charge in [-0.05, 0) is 0 Å².